The third-order valence-electron chi connectivity index (χ3n) is 5.85. The van der Waals surface area contributed by atoms with Crippen LogP contribution in [-0.2, 0) is 14.3 Å². The van der Waals surface area contributed by atoms with E-state index in [0.717, 1.165) is 6.07 Å². The van der Waals surface area contributed by atoms with Crippen molar-refractivity contribution in [1.82, 2.24) is 14.9 Å². The number of piperazine rings is 1. The number of hydrogen-bond acceptors (Lipinski definition) is 5. The largest absolute Gasteiger partial charge is 0.337 e. The van der Waals surface area contributed by atoms with Crippen molar-refractivity contribution in [3.05, 3.63) is 53.9 Å². The molecular formula is C21H24F2N4O2S. The second kappa shape index (κ2) is 8.29. The van der Waals surface area contributed by atoms with Crippen molar-refractivity contribution in [2.24, 2.45) is 5.92 Å². The summed E-state index contributed by atoms with van der Waals surface area (Å²) in [5, 5.41) is 0. The molecule has 2 aliphatic heterocycles. The summed E-state index contributed by atoms with van der Waals surface area (Å²) >= 11 is 0. The van der Waals surface area contributed by atoms with E-state index in [1.54, 1.807) is 23.4 Å². The quantitative estimate of drug-likeness (QED) is 0.694. The topological polar surface area (TPSA) is 66.4 Å². The van der Waals surface area contributed by atoms with Gasteiger partial charge in [0.05, 0.1) is 6.04 Å². The summed E-state index contributed by atoms with van der Waals surface area (Å²) in [5.41, 5.74) is 0.266. The smallest absolute Gasteiger partial charge is 0.226 e. The molecule has 2 aliphatic rings. The molecule has 3 heterocycles. The van der Waals surface area contributed by atoms with E-state index < -0.39 is 27.2 Å². The lowest BCUT2D eigenvalue weighted by atomic mass is 9.96. The average molecular weight is 435 g/mol. The Balaban J connectivity index is 1.62. The molecule has 0 aliphatic carbocycles. The van der Waals surface area contributed by atoms with Crippen LogP contribution in [0.2, 0.25) is 0 Å². The number of hydrogen-bond donors (Lipinski definition) is 0. The Hall–Kier alpha value is -2.55. The molecule has 2 fully saturated rings. The average Bonchev–Trinajstić information content (AvgIpc) is 2.73. The van der Waals surface area contributed by atoms with Crippen LogP contribution in [-0.4, -0.2) is 62.0 Å². The van der Waals surface area contributed by atoms with Gasteiger partial charge in [0.2, 0.25) is 11.9 Å². The molecule has 30 heavy (non-hydrogen) atoms. The molecule has 160 valence electrons. The molecule has 4 rings (SSSR count). The molecule has 1 aromatic heterocycles. The van der Waals surface area contributed by atoms with E-state index in [1.807, 2.05) is 4.90 Å². The molecule has 0 N–H and O–H groups in total. The van der Waals surface area contributed by atoms with E-state index in [4.69, 9.17) is 0 Å². The molecule has 6 nitrogen and oxygen atoms in total. The lowest BCUT2D eigenvalue weighted by molar-refractivity contribution is -0.138. The second-order valence-corrected chi connectivity index (χ2v) is 10.6. The fourth-order valence-corrected chi connectivity index (χ4v) is 5.80. The van der Waals surface area contributed by atoms with E-state index in [1.165, 1.54) is 12.1 Å². The van der Waals surface area contributed by atoms with Gasteiger partial charge in [0.15, 0.2) is 0 Å². The summed E-state index contributed by atoms with van der Waals surface area (Å²) in [6.45, 7) is 1.18. The van der Waals surface area contributed by atoms with Crippen LogP contribution in [0.4, 0.5) is 14.7 Å². The van der Waals surface area contributed by atoms with Crippen molar-refractivity contribution in [2.75, 3.05) is 36.0 Å². The van der Waals surface area contributed by atoms with Gasteiger partial charge in [0.1, 0.15) is 11.6 Å². The van der Waals surface area contributed by atoms with Crippen LogP contribution in [0.3, 0.4) is 0 Å². The van der Waals surface area contributed by atoms with Crippen molar-refractivity contribution in [3.63, 3.8) is 0 Å². The normalized spacial score (nSPS) is 27.1. The Kier molecular flexibility index (Phi) is 5.73. The minimum absolute atomic E-state index is 0.0766. The summed E-state index contributed by atoms with van der Waals surface area (Å²) in [5.74, 6) is 3.44. The summed E-state index contributed by atoms with van der Waals surface area (Å²) in [6.07, 6.45) is 4.29. The number of benzene rings is 1. The zero-order valence-electron chi connectivity index (χ0n) is 16.5. The molecular weight excluding hydrogens is 410 g/mol. The second-order valence-electron chi connectivity index (χ2n) is 7.86. The van der Waals surface area contributed by atoms with Gasteiger partial charge in [-0.15, -0.1) is 0 Å². The molecule has 1 aromatic carbocycles. The number of amides is 1. The van der Waals surface area contributed by atoms with E-state index in [-0.39, 0.29) is 17.4 Å². The predicted octanol–water partition coefficient (Wildman–Crippen LogP) is 2.27. The van der Waals surface area contributed by atoms with Crippen molar-refractivity contribution in [1.29, 1.82) is 0 Å². The molecule has 0 saturated carbocycles. The Labute approximate surface area is 174 Å². The van der Waals surface area contributed by atoms with Gasteiger partial charge in [0.25, 0.3) is 0 Å². The first kappa shape index (κ1) is 20.7. The first-order valence-corrected chi connectivity index (χ1v) is 12.0. The molecule has 1 unspecified atom stereocenters. The van der Waals surface area contributed by atoms with Gasteiger partial charge in [-0.1, -0.05) is 6.07 Å². The van der Waals surface area contributed by atoms with Crippen LogP contribution in [0.15, 0.2) is 36.7 Å². The highest BCUT2D eigenvalue weighted by atomic mass is 32.2. The summed E-state index contributed by atoms with van der Waals surface area (Å²) < 4.78 is 40.3. The maximum absolute atomic E-state index is 14.7. The van der Waals surface area contributed by atoms with Crippen LogP contribution >= 0.6 is 0 Å². The number of anilines is 1. The first-order chi connectivity index (χ1) is 14.3. The Bertz CT molecular complexity index is 1020. The molecule has 1 atom stereocenters. The molecule has 0 spiro atoms. The van der Waals surface area contributed by atoms with Gasteiger partial charge >= 0.3 is 0 Å². The van der Waals surface area contributed by atoms with Crippen molar-refractivity contribution in [2.45, 2.75) is 18.9 Å². The first-order valence-electron chi connectivity index (χ1n) is 9.94. The van der Waals surface area contributed by atoms with Gasteiger partial charge in [-0.05, 0) is 40.4 Å². The minimum atomic E-state index is -2.10. The zero-order chi connectivity index (χ0) is 21.3. The predicted molar refractivity (Wildman–Crippen MR) is 113 cm³/mol. The molecule has 0 bridgehead atoms. The van der Waals surface area contributed by atoms with Crippen LogP contribution in [0.5, 0.6) is 0 Å². The minimum Gasteiger partial charge on any atom is -0.337 e. The lowest BCUT2D eigenvalue weighted by Gasteiger charge is -2.43. The van der Waals surface area contributed by atoms with Crippen molar-refractivity contribution >= 4 is 27.2 Å². The Morgan fingerprint density at radius 3 is 2.50 bits per heavy atom. The summed E-state index contributed by atoms with van der Waals surface area (Å²) in [6, 6.07) is 4.56. The highest BCUT2D eigenvalue weighted by Crippen LogP contribution is 2.32. The number of carbonyl (C=O) groups excluding carboxylic acids is 1. The van der Waals surface area contributed by atoms with E-state index in [2.05, 4.69) is 15.8 Å². The van der Waals surface area contributed by atoms with Gasteiger partial charge < -0.3 is 9.80 Å². The Morgan fingerprint density at radius 1 is 1.13 bits per heavy atom. The van der Waals surface area contributed by atoms with Crippen molar-refractivity contribution in [3.8, 4) is 0 Å². The number of aromatic nitrogens is 2. The molecule has 1 amide bonds. The van der Waals surface area contributed by atoms with Gasteiger partial charge in [-0.3, -0.25) is 9.00 Å². The number of nitrogens with zero attached hydrogens (tertiary/aromatic N) is 4. The summed E-state index contributed by atoms with van der Waals surface area (Å²) in [7, 11) is -2.10. The molecule has 2 saturated heterocycles. The standard InChI is InChI=1S/C21H24F2N4O2S/c1-30(29)11-5-15(6-12-30)20(28)27-10-9-26(21-24-7-2-8-25-21)14-19(27)17-4-3-16(22)13-18(17)23/h2-4,7-8,13,15,19H,1,5-6,9-12,14H2. The highest BCUT2D eigenvalue weighted by molar-refractivity contribution is 8.00. The summed E-state index contributed by atoms with van der Waals surface area (Å²) in [4.78, 5) is 25.4. The number of halogens is 2. The van der Waals surface area contributed by atoms with Crippen LogP contribution in [0.25, 0.3) is 0 Å². The third-order valence-corrected chi connectivity index (χ3v) is 7.81. The van der Waals surface area contributed by atoms with E-state index in [9.17, 15) is 17.8 Å². The van der Waals surface area contributed by atoms with E-state index >= 15 is 0 Å². The fraction of sp³-hybridized carbons (Fsp3) is 0.429. The van der Waals surface area contributed by atoms with Gasteiger partial charge in [0, 0.05) is 61.1 Å². The maximum atomic E-state index is 14.7. The maximum Gasteiger partial charge on any atom is 0.226 e. The van der Waals surface area contributed by atoms with Crippen molar-refractivity contribution < 1.29 is 17.8 Å². The van der Waals surface area contributed by atoms with Crippen LogP contribution in [0, 0.1) is 17.6 Å². The van der Waals surface area contributed by atoms with Crippen LogP contribution < -0.4 is 4.90 Å². The fourth-order valence-electron chi connectivity index (χ4n) is 4.16. The number of carbonyl (C=O) groups is 1. The third kappa shape index (κ3) is 4.30. The van der Waals surface area contributed by atoms with Crippen LogP contribution in [0.1, 0.15) is 24.4 Å². The SMILES string of the molecule is C=S1(=O)CCC(C(=O)N2CCN(c3ncccn3)CC2c2ccc(F)cc2F)CC1. The Morgan fingerprint density at radius 2 is 1.83 bits per heavy atom. The van der Waals surface area contributed by atoms with Gasteiger partial charge in [-0.2, -0.15) is 0 Å². The lowest BCUT2D eigenvalue weighted by Crippen LogP contribution is -2.53. The monoisotopic (exact) mass is 434 g/mol. The molecule has 9 heteroatoms. The molecule has 0 radical (unpaired) electrons. The highest BCUT2D eigenvalue weighted by Gasteiger charge is 2.38. The van der Waals surface area contributed by atoms with Gasteiger partial charge in [-0.25, -0.2) is 18.7 Å². The zero-order valence-corrected chi connectivity index (χ0v) is 17.4. The number of rotatable bonds is 3. The van der Waals surface area contributed by atoms with E-state index in [0.29, 0.717) is 49.9 Å². The molecule has 2 aromatic rings.